The molecule has 1 aromatic carbocycles. The normalized spacial score (nSPS) is 26.5. The summed E-state index contributed by atoms with van der Waals surface area (Å²) in [5.41, 5.74) is 1.80. The molecule has 1 saturated heterocycles. The smallest absolute Gasteiger partial charge is 0.262 e. The predicted molar refractivity (Wildman–Crippen MR) is 89.4 cm³/mol. The van der Waals surface area contributed by atoms with Gasteiger partial charge >= 0.3 is 0 Å². The van der Waals surface area contributed by atoms with Crippen molar-refractivity contribution in [3.8, 4) is 0 Å². The van der Waals surface area contributed by atoms with Gasteiger partial charge in [-0.15, -0.1) is 0 Å². The number of hydrogen-bond acceptors (Lipinski definition) is 4. The first-order chi connectivity index (χ1) is 10.5. The highest BCUT2D eigenvalue weighted by Gasteiger charge is 2.57. The van der Waals surface area contributed by atoms with Crippen LogP contribution in [-0.4, -0.2) is 35.9 Å². The molecule has 4 rings (SSSR count). The molecular weight excluding hydrogens is 346 g/mol. The fourth-order valence-electron chi connectivity index (χ4n) is 3.73. The molecule has 0 amide bonds. The first-order valence-corrected chi connectivity index (χ1v) is 8.25. The Balaban J connectivity index is 1.80. The molecule has 116 valence electrons. The van der Waals surface area contributed by atoms with Crippen LogP contribution in [-0.2, 0) is 11.8 Å². The molecule has 6 heteroatoms. The van der Waals surface area contributed by atoms with Gasteiger partial charge in [0.25, 0.3) is 5.56 Å². The molecular formula is C16H18BrN3O2. The van der Waals surface area contributed by atoms with Gasteiger partial charge in [-0.05, 0) is 40.5 Å². The van der Waals surface area contributed by atoms with Crippen LogP contribution in [0.3, 0.4) is 0 Å². The van der Waals surface area contributed by atoms with Gasteiger partial charge in [0.05, 0.1) is 17.0 Å². The molecule has 1 aliphatic heterocycles. The molecule has 2 aromatic rings. The number of anilines is 1. The number of halogens is 1. The zero-order valence-electron chi connectivity index (χ0n) is 12.8. The first-order valence-electron chi connectivity index (χ1n) is 7.46. The van der Waals surface area contributed by atoms with Crippen molar-refractivity contribution in [3.05, 3.63) is 32.5 Å². The summed E-state index contributed by atoms with van der Waals surface area (Å²) in [6.45, 7) is 3.81. The van der Waals surface area contributed by atoms with Gasteiger partial charge in [-0.2, -0.15) is 0 Å². The van der Waals surface area contributed by atoms with E-state index in [9.17, 15) is 4.79 Å². The summed E-state index contributed by atoms with van der Waals surface area (Å²) in [6.07, 6.45) is 0.392. The Morgan fingerprint density at radius 1 is 1.32 bits per heavy atom. The standard InChI is InChI=1S/C16H18BrN3O2/c1-8-4-9-13(12(17)5-8)18-16(19(2)15(9)21)20-6-10-11(7-20)14(10)22-3/h4-5,10-11,14H,6-7H2,1-3H3/t10-,11+,14?. The van der Waals surface area contributed by atoms with E-state index in [-0.39, 0.29) is 5.56 Å². The van der Waals surface area contributed by atoms with Crippen molar-refractivity contribution in [1.82, 2.24) is 9.55 Å². The van der Waals surface area contributed by atoms with E-state index in [1.54, 1.807) is 18.7 Å². The topological polar surface area (TPSA) is 47.4 Å². The summed E-state index contributed by atoms with van der Waals surface area (Å²) in [4.78, 5) is 19.6. The molecule has 2 fully saturated rings. The van der Waals surface area contributed by atoms with Crippen molar-refractivity contribution >= 4 is 32.8 Å². The highest BCUT2D eigenvalue weighted by molar-refractivity contribution is 9.10. The number of benzene rings is 1. The van der Waals surface area contributed by atoms with Crippen LogP contribution in [0.1, 0.15) is 5.56 Å². The second-order valence-corrected chi connectivity index (χ2v) is 7.21. The maximum Gasteiger partial charge on any atom is 0.262 e. The van der Waals surface area contributed by atoms with E-state index in [2.05, 4.69) is 20.8 Å². The lowest BCUT2D eigenvalue weighted by Crippen LogP contribution is -2.33. The van der Waals surface area contributed by atoms with Crippen LogP contribution in [0, 0.1) is 18.8 Å². The highest BCUT2D eigenvalue weighted by atomic mass is 79.9. The minimum atomic E-state index is 0.00765. The third kappa shape index (κ3) is 1.93. The highest BCUT2D eigenvalue weighted by Crippen LogP contribution is 2.48. The quantitative estimate of drug-likeness (QED) is 0.819. The minimum Gasteiger partial charge on any atom is -0.381 e. The molecule has 0 N–H and O–H groups in total. The average Bonchev–Trinajstić information content (AvgIpc) is 2.95. The van der Waals surface area contributed by atoms with Crippen LogP contribution in [0.15, 0.2) is 21.4 Å². The Morgan fingerprint density at radius 2 is 2.00 bits per heavy atom. The molecule has 22 heavy (non-hydrogen) atoms. The Labute approximate surface area is 137 Å². The lowest BCUT2D eigenvalue weighted by molar-refractivity contribution is 0.156. The van der Waals surface area contributed by atoms with Crippen molar-refractivity contribution in [3.63, 3.8) is 0 Å². The van der Waals surface area contributed by atoms with Crippen molar-refractivity contribution in [2.75, 3.05) is 25.1 Å². The Morgan fingerprint density at radius 3 is 2.64 bits per heavy atom. The van der Waals surface area contributed by atoms with E-state index in [0.717, 1.165) is 34.6 Å². The molecule has 2 aliphatic rings. The summed E-state index contributed by atoms with van der Waals surface area (Å²) in [6, 6.07) is 3.91. The minimum absolute atomic E-state index is 0.00765. The van der Waals surface area contributed by atoms with E-state index >= 15 is 0 Å². The molecule has 2 heterocycles. The van der Waals surface area contributed by atoms with Gasteiger partial charge in [0.15, 0.2) is 0 Å². The lowest BCUT2D eigenvalue weighted by atomic mass is 10.2. The summed E-state index contributed by atoms with van der Waals surface area (Å²) < 4.78 is 7.99. The second kappa shape index (κ2) is 4.80. The summed E-state index contributed by atoms with van der Waals surface area (Å²) in [5, 5.41) is 0.664. The third-order valence-corrected chi connectivity index (χ3v) is 5.53. The monoisotopic (exact) mass is 363 g/mol. The van der Waals surface area contributed by atoms with Gasteiger partial charge in [-0.25, -0.2) is 4.98 Å². The number of rotatable bonds is 2. The molecule has 1 aliphatic carbocycles. The van der Waals surface area contributed by atoms with Gasteiger partial charge in [0, 0.05) is 43.6 Å². The second-order valence-electron chi connectivity index (χ2n) is 6.35. The molecule has 0 spiro atoms. The largest absolute Gasteiger partial charge is 0.381 e. The summed E-state index contributed by atoms with van der Waals surface area (Å²) >= 11 is 3.54. The number of nitrogens with zero attached hydrogens (tertiary/aromatic N) is 3. The maximum atomic E-state index is 12.7. The van der Waals surface area contributed by atoms with Gasteiger partial charge in [0.1, 0.15) is 0 Å². The molecule has 0 bridgehead atoms. The van der Waals surface area contributed by atoms with Crippen LogP contribution in [0.25, 0.3) is 10.9 Å². The van der Waals surface area contributed by atoms with Gasteiger partial charge in [0.2, 0.25) is 5.95 Å². The van der Waals surface area contributed by atoms with E-state index < -0.39 is 0 Å². The van der Waals surface area contributed by atoms with Crippen LogP contribution in [0.5, 0.6) is 0 Å². The molecule has 1 saturated carbocycles. The third-order valence-electron chi connectivity index (χ3n) is 4.93. The molecule has 0 radical (unpaired) electrons. The lowest BCUT2D eigenvalue weighted by Gasteiger charge is -2.23. The Bertz CT molecular complexity index is 820. The van der Waals surface area contributed by atoms with Crippen LogP contribution in [0.2, 0.25) is 0 Å². The van der Waals surface area contributed by atoms with Crippen molar-refractivity contribution in [2.45, 2.75) is 13.0 Å². The SMILES string of the molecule is COC1[C@H]2CN(c3nc4c(Br)cc(C)cc4c(=O)n3C)C[C@@H]12. The van der Waals surface area contributed by atoms with Crippen molar-refractivity contribution in [1.29, 1.82) is 0 Å². The van der Waals surface area contributed by atoms with E-state index in [1.165, 1.54) is 0 Å². The fourth-order valence-corrected chi connectivity index (χ4v) is 4.39. The number of piperidine rings is 1. The first kappa shape index (κ1) is 14.2. The summed E-state index contributed by atoms with van der Waals surface area (Å²) in [7, 11) is 3.58. The maximum absolute atomic E-state index is 12.7. The fraction of sp³-hybridized carbons (Fsp3) is 0.500. The molecule has 1 unspecified atom stereocenters. The average molecular weight is 364 g/mol. The predicted octanol–water partition coefficient (Wildman–Crippen LogP) is 2.09. The zero-order valence-corrected chi connectivity index (χ0v) is 14.4. The number of hydrogen-bond donors (Lipinski definition) is 0. The van der Waals surface area contributed by atoms with Crippen LogP contribution >= 0.6 is 15.9 Å². The Kier molecular flexibility index (Phi) is 3.10. The van der Waals surface area contributed by atoms with Crippen LogP contribution < -0.4 is 10.5 Å². The molecule has 5 nitrogen and oxygen atoms in total. The molecule has 1 aromatic heterocycles. The Hall–Kier alpha value is -1.40. The van der Waals surface area contributed by atoms with Crippen molar-refractivity contribution in [2.24, 2.45) is 18.9 Å². The number of fused-ring (bicyclic) bond motifs is 2. The van der Waals surface area contributed by atoms with E-state index in [4.69, 9.17) is 9.72 Å². The summed E-state index contributed by atoms with van der Waals surface area (Å²) in [5.74, 6) is 1.92. The number of methoxy groups -OCH3 is 1. The number of ether oxygens (including phenoxy) is 1. The zero-order chi connectivity index (χ0) is 15.6. The van der Waals surface area contributed by atoms with Gasteiger partial charge in [-0.3, -0.25) is 9.36 Å². The van der Waals surface area contributed by atoms with Gasteiger partial charge < -0.3 is 9.64 Å². The van der Waals surface area contributed by atoms with Crippen molar-refractivity contribution < 1.29 is 4.74 Å². The van der Waals surface area contributed by atoms with E-state index in [1.807, 2.05) is 19.1 Å². The van der Waals surface area contributed by atoms with Crippen LogP contribution in [0.4, 0.5) is 5.95 Å². The number of aromatic nitrogens is 2. The van der Waals surface area contributed by atoms with Gasteiger partial charge in [-0.1, -0.05) is 0 Å². The van der Waals surface area contributed by atoms with E-state index in [0.29, 0.717) is 23.3 Å². The number of aryl methyl sites for hydroxylation is 1. The molecule has 3 atom stereocenters.